The highest BCUT2D eigenvalue weighted by Gasteiger charge is 2.48. The maximum Gasteiger partial charge on any atom is 0.301 e. The van der Waals surface area contributed by atoms with Crippen LogP contribution in [-0.2, 0) is 16.0 Å². The number of hydrogen-bond acceptors (Lipinski definition) is 8. The number of unbranched alkanes of at least 4 members (excludes halogenated alkanes) is 2. The van der Waals surface area contributed by atoms with E-state index in [-0.39, 0.29) is 17.4 Å². The zero-order chi connectivity index (χ0) is 31.8. The number of nitrogens with zero attached hydrogens (tertiary/aromatic N) is 2. The van der Waals surface area contributed by atoms with Gasteiger partial charge in [-0.3, -0.25) is 14.5 Å². The minimum atomic E-state index is -0.941. The highest BCUT2D eigenvalue weighted by atomic mass is 32.1. The largest absolute Gasteiger partial charge is 0.507 e. The van der Waals surface area contributed by atoms with Gasteiger partial charge < -0.3 is 19.3 Å². The third kappa shape index (κ3) is 5.77. The molecule has 3 aromatic carbocycles. The van der Waals surface area contributed by atoms with Crippen LogP contribution in [0.15, 0.2) is 54.1 Å². The molecule has 9 heteroatoms. The average Bonchev–Trinajstić information content (AvgIpc) is 3.68. The third-order valence-electron chi connectivity index (χ3n) is 8.23. The molecule has 0 radical (unpaired) electrons. The SMILES string of the molecule is CCCCCOc1ccc([C@@H]2C(=C(O)c3ccc4c(c3)C[C@H](C)O4)C(=O)C(=O)N2c2nc3c(C)cc(C)cc3s2)cc1OCC. The van der Waals surface area contributed by atoms with Crippen molar-refractivity contribution in [3.63, 3.8) is 0 Å². The summed E-state index contributed by atoms with van der Waals surface area (Å²) in [6.07, 6.45) is 3.78. The van der Waals surface area contributed by atoms with E-state index in [9.17, 15) is 14.7 Å². The maximum absolute atomic E-state index is 13.9. The molecule has 2 aliphatic heterocycles. The summed E-state index contributed by atoms with van der Waals surface area (Å²) >= 11 is 1.35. The molecule has 0 bridgehead atoms. The number of thiazole rings is 1. The molecule has 1 N–H and O–H groups in total. The Bertz CT molecular complexity index is 1830. The standard InChI is InChI=1S/C36H38N2O6S/c1-6-8-9-14-43-27-13-10-23(19-28(27)42-7-2)32-30(33(39)24-11-12-26-25(18-24)17-22(5)44-26)34(40)35(41)38(32)36-37-31-21(4)15-20(3)16-29(31)45-36/h10-13,15-16,18-19,22,32,39H,6-9,14,17H2,1-5H3/t22-,32+/m0/s1. The van der Waals surface area contributed by atoms with Gasteiger partial charge in [-0.25, -0.2) is 4.98 Å². The number of anilines is 1. The van der Waals surface area contributed by atoms with E-state index in [0.717, 1.165) is 51.9 Å². The normalized spacial score (nSPS) is 18.8. The summed E-state index contributed by atoms with van der Waals surface area (Å²) in [6.45, 7) is 11.0. The highest BCUT2D eigenvalue weighted by molar-refractivity contribution is 7.22. The Kier molecular flexibility index (Phi) is 8.55. The lowest BCUT2D eigenvalue weighted by molar-refractivity contribution is -0.132. The topological polar surface area (TPSA) is 98.2 Å². The van der Waals surface area contributed by atoms with E-state index in [4.69, 9.17) is 19.2 Å². The Hall–Kier alpha value is -4.37. The minimum Gasteiger partial charge on any atom is -0.507 e. The summed E-state index contributed by atoms with van der Waals surface area (Å²) < 4.78 is 18.8. The second-order valence-electron chi connectivity index (χ2n) is 11.7. The molecule has 1 fully saturated rings. The number of hydrogen-bond donors (Lipinski definition) is 1. The highest BCUT2D eigenvalue weighted by Crippen LogP contribution is 2.46. The van der Waals surface area contributed by atoms with Crippen LogP contribution in [0.5, 0.6) is 17.2 Å². The van der Waals surface area contributed by atoms with Gasteiger partial charge in [0.05, 0.1) is 35.0 Å². The van der Waals surface area contributed by atoms with Crippen molar-refractivity contribution in [3.05, 3.63) is 81.9 Å². The fourth-order valence-electron chi connectivity index (χ4n) is 6.15. The van der Waals surface area contributed by atoms with Crippen molar-refractivity contribution in [1.82, 2.24) is 4.98 Å². The number of aliphatic hydroxyl groups is 1. The fourth-order valence-corrected chi connectivity index (χ4v) is 7.32. The van der Waals surface area contributed by atoms with Crippen molar-refractivity contribution in [1.29, 1.82) is 0 Å². The number of Topliss-reactive ketones (excluding diaryl/α,β-unsaturated/α-hetero) is 1. The van der Waals surface area contributed by atoms with E-state index in [1.807, 2.05) is 58.0 Å². The first-order valence-corrected chi connectivity index (χ1v) is 16.4. The molecule has 2 atom stereocenters. The number of aromatic nitrogens is 1. The van der Waals surface area contributed by atoms with Crippen molar-refractivity contribution >= 4 is 44.1 Å². The molecule has 234 valence electrons. The van der Waals surface area contributed by atoms with Crippen molar-refractivity contribution in [2.75, 3.05) is 18.1 Å². The molecule has 45 heavy (non-hydrogen) atoms. The number of aryl methyl sites for hydroxylation is 2. The fraction of sp³-hybridized carbons (Fsp3) is 0.361. The number of amides is 1. The average molecular weight is 627 g/mol. The molecule has 0 unspecified atom stereocenters. The second kappa shape index (κ2) is 12.6. The molecule has 3 heterocycles. The molecule has 0 aliphatic carbocycles. The number of ketones is 1. The van der Waals surface area contributed by atoms with Crippen LogP contribution in [-0.4, -0.2) is 41.1 Å². The van der Waals surface area contributed by atoms with Crippen LogP contribution < -0.4 is 19.1 Å². The molecule has 8 nitrogen and oxygen atoms in total. The predicted molar refractivity (Wildman–Crippen MR) is 177 cm³/mol. The zero-order valence-corrected chi connectivity index (χ0v) is 27.1. The van der Waals surface area contributed by atoms with Gasteiger partial charge in [-0.15, -0.1) is 0 Å². The Morgan fingerprint density at radius 3 is 2.64 bits per heavy atom. The van der Waals surface area contributed by atoms with E-state index < -0.39 is 17.7 Å². The van der Waals surface area contributed by atoms with Crippen molar-refractivity contribution in [2.45, 2.75) is 72.4 Å². The monoisotopic (exact) mass is 626 g/mol. The lowest BCUT2D eigenvalue weighted by Crippen LogP contribution is -2.29. The van der Waals surface area contributed by atoms with Gasteiger partial charge in [0.2, 0.25) is 0 Å². The molecule has 0 saturated carbocycles. The first kappa shape index (κ1) is 30.6. The number of carbonyl (C=O) groups excluding carboxylic acids is 2. The number of carbonyl (C=O) groups is 2. The van der Waals surface area contributed by atoms with E-state index in [0.29, 0.717) is 47.4 Å². The van der Waals surface area contributed by atoms with E-state index in [2.05, 4.69) is 6.92 Å². The molecular weight excluding hydrogens is 588 g/mol. The van der Waals surface area contributed by atoms with Gasteiger partial charge in [-0.1, -0.05) is 43.2 Å². The van der Waals surface area contributed by atoms with Gasteiger partial charge in [-0.2, -0.15) is 0 Å². The number of ether oxygens (including phenoxy) is 3. The number of benzene rings is 3. The molecular formula is C36H38N2O6S. The van der Waals surface area contributed by atoms with Gasteiger partial charge in [0.1, 0.15) is 17.6 Å². The maximum atomic E-state index is 13.9. The Morgan fingerprint density at radius 1 is 1.04 bits per heavy atom. The number of rotatable bonds is 10. The zero-order valence-electron chi connectivity index (χ0n) is 26.3. The Labute approximate surface area is 267 Å². The lowest BCUT2D eigenvalue weighted by atomic mass is 9.94. The molecule has 1 amide bonds. The molecule has 6 rings (SSSR count). The van der Waals surface area contributed by atoms with Crippen LogP contribution >= 0.6 is 11.3 Å². The van der Waals surface area contributed by atoms with Crippen LogP contribution in [0.3, 0.4) is 0 Å². The van der Waals surface area contributed by atoms with Crippen molar-refractivity contribution < 1.29 is 28.9 Å². The summed E-state index contributed by atoms with van der Waals surface area (Å²) in [6, 6.07) is 13.9. The molecule has 0 spiro atoms. The summed E-state index contributed by atoms with van der Waals surface area (Å²) in [7, 11) is 0. The lowest BCUT2D eigenvalue weighted by Gasteiger charge is -2.24. The molecule has 1 saturated heterocycles. The van der Waals surface area contributed by atoms with Gasteiger partial charge >= 0.3 is 5.91 Å². The van der Waals surface area contributed by atoms with Gasteiger partial charge in [0.15, 0.2) is 16.6 Å². The summed E-state index contributed by atoms with van der Waals surface area (Å²) in [5.41, 5.74) is 4.84. The third-order valence-corrected chi connectivity index (χ3v) is 9.23. The second-order valence-corrected chi connectivity index (χ2v) is 12.8. The smallest absolute Gasteiger partial charge is 0.301 e. The van der Waals surface area contributed by atoms with Gasteiger partial charge in [0.25, 0.3) is 5.78 Å². The van der Waals surface area contributed by atoms with E-state index in [1.165, 1.54) is 16.2 Å². The van der Waals surface area contributed by atoms with Crippen LogP contribution in [0.1, 0.15) is 73.9 Å². The summed E-state index contributed by atoms with van der Waals surface area (Å²) in [5.74, 6) is 0.101. The Morgan fingerprint density at radius 2 is 1.87 bits per heavy atom. The first-order chi connectivity index (χ1) is 21.7. The van der Waals surface area contributed by atoms with E-state index in [1.54, 1.807) is 18.2 Å². The minimum absolute atomic E-state index is 0.00173. The first-order valence-electron chi connectivity index (χ1n) is 15.6. The number of fused-ring (bicyclic) bond motifs is 2. The number of aliphatic hydroxyl groups excluding tert-OH is 1. The predicted octanol–water partition coefficient (Wildman–Crippen LogP) is 7.83. The van der Waals surface area contributed by atoms with Crippen molar-refractivity contribution in [3.8, 4) is 17.2 Å². The Balaban J connectivity index is 1.50. The molecule has 4 aromatic rings. The quantitative estimate of drug-likeness (QED) is 0.0829. The van der Waals surface area contributed by atoms with Crippen LogP contribution in [0.2, 0.25) is 0 Å². The van der Waals surface area contributed by atoms with E-state index >= 15 is 0 Å². The summed E-state index contributed by atoms with van der Waals surface area (Å²) in [4.78, 5) is 34.0. The molecule has 2 aliphatic rings. The van der Waals surface area contributed by atoms with Crippen LogP contribution in [0.25, 0.3) is 16.0 Å². The van der Waals surface area contributed by atoms with Crippen molar-refractivity contribution in [2.24, 2.45) is 0 Å². The van der Waals surface area contributed by atoms with Crippen LogP contribution in [0.4, 0.5) is 5.13 Å². The van der Waals surface area contributed by atoms with Crippen LogP contribution in [0, 0.1) is 13.8 Å². The van der Waals surface area contributed by atoms with Gasteiger partial charge in [-0.05, 0) is 92.8 Å². The van der Waals surface area contributed by atoms with Gasteiger partial charge in [0, 0.05) is 12.0 Å². The summed E-state index contributed by atoms with van der Waals surface area (Å²) in [5, 5.41) is 12.2. The molecule has 1 aromatic heterocycles.